The van der Waals surface area contributed by atoms with Crippen molar-refractivity contribution in [3.63, 3.8) is 0 Å². The van der Waals surface area contributed by atoms with Gasteiger partial charge in [-0.15, -0.1) is 0 Å². The van der Waals surface area contributed by atoms with Crippen molar-refractivity contribution in [2.24, 2.45) is 0 Å². The van der Waals surface area contributed by atoms with Crippen LogP contribution in [0.4, 0.5) is 4.39 Å². The molecule has 0 saturated heterocycles. The van der Waals surface area contributed by atoms with Crippen LogP contribution in [0.3, 0.4) is 0 Å². The second-order valence-electron chi connectivity index (χ2n) is 4.44. The SMILES string of the molecule is CCN(CCCS(=O)(=O)[O-])C(=O)CCCCCCF.[Na+]. The molecule has 0 heterocycles. The summed E-state index contributed by atoms with van der Waals surface area (Å²) in [6.45, 7) is 2.29. The first kappa shape index (κ1) is 22.6. The maximum Gasteiger partial charge on any atom is 1.00 e. The molecule has 0 aromatic carbocycles. The number of carbonyl (C=O) groups is 1. The van der Waals surface area contributed by atoms with Crippen molar-refractivity contribution >= 4 is 16.0 Å². The van der Waals surface area contributed by atoms with Gasteiger partial charge in [-0.2, -0.15) is 0 Å². The molecule has 0 aromatic rings. The number of unbranched alkanes of at least 4 members (excludes halogenated alkanes) is 3. The van der Waals surface area contributed by atoms with Crippen LogP contribution in [-0.4, -0.2) is 49.3 Å². The smallest absolute Gasteiger partial charge is 0.748 e. The van der Waals surface area contributed by atoms with E-state index >= 15 is 0 Å². The average Bonchev–Trinajstić information content (AvgIpc) is 2.33. The van der Waals surface area contributed by atoms with Crippen molar-refractivity contribution < 1.29 is 51.7 Å². The molecule has 0 unspecified atom stereocenters. The zero-order valence-corrected chi connectivity index (χ0v) is 15.3. The Morgan fingerprint density at radius 2 is 1.75 bits per heavy atom. The van der Waals surface area contributed by atoms with Crippen LogP contribution in [0.15, 0.2) is 0 Å². The Kier molecular flexibility index (Phi) is 14.7. The van der Waals surface area contributed by atoms with Crippen molar-refractivity contribution in [3.05, 3.63) is 0 Å². The van der Waals surface area contributed by atoms with Crippen LogP contribution in [0.1, 0.15) is 45.4 Å². The molecule has 0 aromatic heterocycles. The van der Waals surface area contributed by atoms with Gasteiger partial charge >= 0.3 is 29.6 Å². The molecular formula is C12H23FNNaO4S. The van der Waals surface area contributed by atoms with E-state index in [-0.39, 0.29) is 48.6 Å². The Morgan fingerprint density at radius 3 is 2.25 bits per heavy atom. The van der Waals surface area contributed by atoms with Gasteiger partial charge in [0.2, 0.25) is 5.91 Å². The summed E-state index contributed by atoms with van der Waals surface area (Å²) in [7, 11) is -4.20. The van der Waals surface area contributed by atoms with Crippen LogP contribution in [0.5, 0.6) is 0 Å². The molecule has 0 spiro atoms. The second-order valence-corrected chi connectivity index (χ2v) is 5.97. The molecule has 0 bridgehead atoms. The summed E-state index contributed by atoms with van der Waals surface area (Å²) in [5.74, 6) is -0.473. The fourth-order valence-electron chi connectivity index (χ4n) is 1.77. The van der Waals surface area contributed by atoms with E-state index in [9.17, 15) is 22.2 Å². The van der Waals surface area contributed by atoms with Crippen molar-refractivity contribution in [3.8, 4) is 0 Å². The zero-order chi connectivity index (χ0) is 14.7. The summed E-state index contributed by atoms with van der Waals surface area (Å²) >= 11 is 0. The predicted molar refractivity (Wildman–Crippen MR) is 70.5 cm³/mol. The molecule has 0 aliphatic heterocycles. The maximum atomic E-state index is 11.8. The summed E-state index contributed by atoms with van der Waals surface area (Å²) in [5.41, 5.74) is 0. The van der Waals surface area contributed by atoms with Gasteiger partial charge < -0.3 is 9.45 Å². The molecule has 0 aliphatic rings. The standard InChI is InChI=1S/C12H24FNO4S.Na/c1-2-14(10-7-11-19(16,17)18)12(15)8-5-3-4-6-9-13;/h2-11H2,1H3,(H,16,17,18);/q;+1/p-1. The number of hydrogen-bond donors (Lipinski definition) is 0. The predicted octanol–water partition coefficient (Wildman–Crippen LogP) is -1.31. The molecule has 20 heavy (non-hydrogen) atoms. The minimum Gasteiger partial charge on any atom is -0.748 e. The largest absolute Gasteiger partial charge is 1.00 e. The number of carbonyl (C=O) groups excluding carboxylic acids is 1. The van der Waals surface area contributed by atoms with E-state index in [1.54, 1.807) is 4.90 Å². The third-order valence-corrected chi connectivity index (χ3v) is 3.62. The Morgan fingerprint density at radius 1 is 1.15 bits per heavy atom. The Labute approximate surface area is 143 Å². The summed E-state index contributed by atoms with van der Waals surface area (Å²) in [6.07, 6.45) is 3.42. The van der Waals surface area contributed by atoms with Gasteiger partial charge in [-0.1, -0.05) is 12.8 Å². The Balaban J connectivity index is 0. The molecular weight excluding hydrogens is 296 g/mol. The first-order valence-corrected chi connectivity index (χ1v) is 8.25. The number of halogens is 1. The fourth-order valence-corrected chi connectivity index (χ4v) is 2.26. The summed E-state index contributed by atoms with van der Waals surface area (Å²) in [5, 5.41) is 0. The van der Waals surface area contributed by atoms with Gasteiger partial charge in [-0.3, -0.25) is 9.18 Å². The molecule has 5 nitrogen and oxygen atoms in total. The van der Waals surface area contributed by atoms with E-state index in [1.165, 1.54) is 0 Å². The van der Waals surface area contributed by atoms with Crippen molar-refractivity contribution in [1.29, 1.82) is 0 Å². The molecule has 0 N–H and O–H groups in total. The van der Waals surface area contributed by atoms with E-state index in [0.29, 0.717) is 25.9 Å². The third-order valence-electron chi connectivity index (χ3n) is 2.83. The number of nitrogens with zero attached hydrogens (tertiary/aromatic N) is 1. The van der Waals surface area contributed by atoms with Gasteiger partial charge in [-0.25, -0.2) is 8.42 Å². The minimum absolute atomic E-state index is 0. The third kappa shape index (κ3) is 13.3. The molecule has 0 radical (unpaired) electrons. The summed E-state index contributed by atoms with van der Waals surface area (Å²) in [6, 6.07) is 0. The van der Waals surface area contributed by atoms with Crippen molar-refractivity contribution in [2.45, 2.75) is 45.4 Å². The number of amides is 1. The van der Waals surface area contributed by atoms with Crippen LogP contribution in [0.2, 0.25) is 0 Å². The van der Waals surface area contributed by atoms with Crippen molar-refractivity contribution in [1.82, 2.24) is 4.90 Å². The second kappa shape index (κ2) is 13.0. The van der Waals surface area contributed by atoms with Gasteiger partial charge in [0.1, 0.15) is 0 Å². The zero-order valence-electron chi connectivity index (χ0n) is 12.4. The fraction of sp³-hybridized carbons (Fsp3) is 0.917. The van der Waals surface area contributed by atoms with Crippen LogP contribution in [0.25, 0.3) is 0 Å². The Bertz CT molecular complexity index is 351. The first-order valence-electron chi connectivity index (χ1n) is 6.68. The molecule has 0 fully saturated rings. The van der Waals surface area contributed by atoms with E-state index in [2.05, 4.69) is 0 Å². The van der Waals surface area contributed by atoms with E-state index in [1.807, 2.05) is 6.92 Å². The van der Waals surface area contributed by atoms with E-state index < -0.39 is 15.9 Å². The van der Waals surface area contributed by atoms with Gasteiger partial charge in [0.05, 0.1) is 16.8 Å². The molecule has 114 valence electrons. The number of rotatable bonds is 11. The molecule has 0 saturated carbocycles. The molecule has 8 heteroatoms. The van der Waals surface area contributed by atoms with E-state index in [0.717, 1.165) is 19.3 Å². The summed E-state index contributed by atoms with van der Waals surface area (Å²) < 4.78 is 43.2. The normalized spacial score (nSPS) is 10.9. The summed E-state index contributed by atoms with van der Waals surface area (Å²) in [4.78, 5) is 13.3. The van der Waals surface area contributed by atoms with Crippen LogP contribution in [-0.2, 0) is 14.9 Å². The molecule has 0 aliphatic carbocycles. The first-order chi connectivity index (χ1) is 8.90. The van der Waals surface area contributed by atoms with Crippen LogP contribution in [0, 0.1) is 0 Å². The number of alkyl halides is 1. The van der Waals surface area contributed by atoms with Gasteiger partial charge in [-0.05, 0) is 26.2 Å². The molecule has 0 atom stereocenters. The minimum atomic E-state index is -4.20. The van der Waals surface area contributed by atoms with Gasteiger partial charge in [0, 0.05) is 25.3 Å². The number of hydrogen-bond acceptors (Lipinski definition) is 4. The monoisotopic (exact) mass is 319 g/mol. The topological polar surface area (TPSA) is 77.5 Å². The molecule has 1 amide bonds. The van der Waals surface area contributed by atoms with E-state index in [4.69, 9.17) is 0 Å². The Hall–Kier alpha value is 0.310. The quantitative estimate of drug-likeness (QED) is 0.269. The van der Waals surface area contributed by atoms with Gasteiger partial charge in [0.25, 0.3) is 0 Å². The van der Waals surface area contributed by atoms with Crippen molar-refractivity contribution in [2.75, 3.05) is 25.5 Å². The average molecular weight is 319 g/mol. The van der Waals surface area contributed by atoms with Gasteiger partial charge in [0.15, 0.2) is 0 Å². The maximum absolute atomic E-state index is 11.8. The molecule has 0 rings (SSSR count). The van der Waals surface area contributed by atoms with Crippen LogP contribution < -0.4 is 29.6 Å². The van der Waals surface area contributed by atoms with Crippen LogP contribution >= 0.6 is 0 Å².